The largest absolute Gasteiger partial charge is 0.472 e. The van der Waals surface area contributed by atoms with Crippen LogP contribution in [0.2, 0.25) is 0 Å². The van der Waals surface area contributed by atoms with Crippen molar-refractivity contribution in [3.8, 4) is 0 Å². The quantitative estimate of drug-likeness (QED) is 0.597. The van der Waals surface area contributed by atoms with Crippen LogP contribution >= 0.6 is 0 Å². The summed E-state index contributed by atoms with van der Waals surface area (Å²) in [5.74, 6) is 5.55. The maximum Gasteiger partial charge on any atom is 0.0951 e. The third-order valence-electron chi connectivity index (χ3n) is 2.66. The molecule has 0 aliphatic heterocycles. The van der Waals surface area contributed by atoms with Crippen molar-refractivity contribution in [3.63, 3.8) is 0 Å². The number of hydrazine groups is 1. The highest BCUT2D eigenvalue weighted by atomic mass is 16.3. The number of hydrogen-bond donors (Lipinski definition) is 2. The van der Waals surface area contributed by atoms with Gasteiger partial charge in [-0.1, -0.05) is 0 Å². The van der Waals surface area contributed by atoms with Gasteiger partial charge in [-0.05, 0) is 19.1 Å². The Hall–Kier alpha value is -1.59. The molecule has 0 aliphatic rings. The maximum absolute atomic E-state index is 5.55. The van der Waals surface area contributed by atoms with Crippen LogP contribution in [0, 0.1) is 6.92 Å². The van der Waals surface area contributed by atoms with E-state index in [2.05, 4.69) is 16.6 Å². The summed E-state index contributed by atoms with van der Waals surface area (Å²) in [6, 6.07) is 4.02. The SMILES string of the molecule is Cc1cc(CC(NN)c2ccoc2)n(C)n1. The lowest BCUT2D eigenvalue weighted by Gasteiger charge is -2.13. The van der Waals surface area contributed by atoms with E-state index in [9.17, 15) is 0 Å². The van der Waals surface area contributed by atoms with E-state index in [4.69, 9.17) is 10.3 Å². The predicted octanol–water partition coefficient (Wildman–Crippen LogP) is 1.07. The Morgan fingerprint density at radius 2 is 2.44 bits per heavy atom. The highest BCUT2D eigenvalue weighted by Gasteiger charge is 2.14. The molecule has 0 aliphatic carbocycles. The third kappa shape index (κ3) is 2.15. The smallest absolute Gasteiger partial charge is 0.0951 e. The first-order valence-corrected chi connectivity index (χ1v) is 5.18. The zero-order chi connectivity index (χ0) is 11.5. The van der Waals surface area contributed by atoms with Crippen molar-refractivity contribution in [2.75, 3.05) is 0 Å². The van der Waals surface area contributed by atoms with Crippen molar-refractivity contribution in [2.45, 2.75) is 19.4 Å². The number of nitrogens with zero attached hydrogens (tertiary/aromatic N) is 2. The van der Waals surface area contributed by atoms with Gasteiger partial charge in [0.05, 0.1) is 24.3 Å². The second-order valence-corrected chi connectivity index (χ2v) is 3.88. The van der Waals surface area contributed by atoms with E-state index in [1.807, 2.05) is 24.7 Å². The van der Waals surface area contributed by atoms with Crippen molar-refractivity contribution < 1.29 is 4.42 Å². The fourth-order valence-electron chi connectivity index (χ4n) is 1.81. The fraction of sp³-hybridized carbons (Fsp3) is 0.364. The second kappa shape index (κ2) is 4.51. The number of nitrogens with two attached hydrogens (primary N) is 1. The van der Waals surface area contributed by atoms with E-state index < -0.39 is 0 Å². The summed E-state index contributed by atoms with van der Waals surface area (Å²) in [6.07, 6.45) is 4.13. The average Bonchev–Trinajstić information content (AvgIpc) is 2.85. The Kier molecular flexibility index (Phi) is 3.07. The lowest BCUT2D eigenvalue weighted by atomic mass is 10.1. The molecule has 5 heteroatoms. The van der Waals surface area contributed by atoms with Gasteiger partial charge >= 0.3 is 0 Å². The predicted molar refractivity (Wildman–Crippen MR) is 60.4 cm³/mol. The van der Waals surface area contributed by atoms with Crippen LogP contribution in [0.4, 0.5) is 0 Å². The molecule has 0 bridgehead atoms. The Labute approximate surface area is 94.2 Å². The van der Waals surface area contributed by atoms with E-state index >= 15 is 0 Å². The fourth-order valence-corrected chi connectivity index (χ4v) is 1.81. The van der Waals surface area contributed by atoms with E-state index in [0.29, 0.717) is 0 Å². The van der Waals surface area contributed by atoms with Gasteiger partial charge in [-0.2, -0.15) is 5.10 Å². The summed E-state index contributed by atoms with van der Waals surface area (Å²) in [7, 11) is 1.94. The minimum atomic E-state index is 0.0496. The van der Waals surface area contributed by atoms with Gasteiger partial charge in [0.25, 0.3) is 0 Å². The van der Waals surface area contributed by atoms with Crippen molar-refractivity contribution >= 4 is 0 Å². The first-order chi connectivity index (χ1) is 7.70. The highest BCUT2D eigenvalue weighted by molar-refractivity contribution is 5.17. The molecule has 2 aromatic rings. The number of aryl methyl sites for hydroxylation is 2. The van der Waals surface area contributed by atoms with Crippen LogP contribution in [0.25, 0.3) is 0 Å². The van der Waals surface area contributed by atoms with Crippen molar-refractivity contribution in [1.82, 2.24) is 15.2 Å². The molecule has 1 atom stereocenters. The van der Waals surface area contributed by atoms with Crippen LogP contribution in [0.5, 0.6) is 0 Å². The summed E-state index contributed by atoms with van der Waals surface area (Å²) in [5, 5.41) is 4.30. The molecule has 0 radical (unpaired) electrons. The molecule has 0 aromatic carbocycles. The lowest BCUT2D eigenvalue weighted by Crippen LogP contribution is -2.29. The van der Waals surface area contributed by atoms with Crippen LogP contribution in [-0.4, -0.2) is 9.78 Å². The summed E-state index contributed by atoms with van der Waals surface area (Å²) in [5.41, 5.74) is 5.99. The zero-order valence-corrected chi connectivity index (χ0v) is 9.47. The van der Waals surface area contributed by atoms with E-state index in [1.54, 1.807) is 12.5 Å². The van der Waals surface area contributed by atoms with Gasteiger partial charge in [-0.25, -0.2) is 0 Å². The Morgan fingerprint density at radius 3 is 2.94 bits per heavy atom. The highest BCUT2D eigenvalue weighted by Crippen LogP contribution is 2.18. The standard InChI is InChI=1S/C11H16N4O/c1-8-5-10(15(2)14-8)6-11(13-12)9-3-4-16-7-9/h3-5,7,11,13H,6,12H2,1-2H3. The Bertz CT molecular complexity index is 447. The second-order valence-electron chi connectivity index (χ2n) is 3.88. The van der Waals surface area contributed by atoms with Gasteiger partial charge < -0.3 is 4.42 Å². The van der Waals surface area contributed by atoms with Crippen LogP contribution in [0.3, 0.4) is 0 Å². The summed E-state index contributed by atoms with van der Waals surface area (Å²) < 4.78 is 6.93. The van der Waals surface area contributed by atoms with Gasteiger partial charge in [-0.3, -0.25) is 16.0 Å². The minimum Gasteiger partial charge on any atom is -0.472 e. The van der Waals surface area contributed by atoms with Gasteiger partial charge in [-0.15, -0.1) is 0 Å². The van der Waals surface area contributed by atoms with E-state index in [0.717, 1.165) is 23.4 Å². The number of nitrogens with one attached hydrogen (secondary N) is 1. The first-order valence-electron chi connectivity index (χ1n) is 5.18. The molecule has 0 amide bonds. The van der Waals surface area contributed by atoms with E-state index in [1.165, 1.54) is 0 Å². The number of rotatable bonds is 4. The molecule has 16 heavy (non-hydrogen) atoms. The van der Waals surface area contributed by atoms with E-state index in [-0.39, 0.29) is 6.04 Å². The van der Waals surface area contributed by atoms with Crippen molar-refractivity contribution in [3.05, 3.63) is 41.6 Å². The molecule has 0 saturated carbocycles. The molecular formula is C11H16N4O. The van der Waals surface area contributed by atoms with Gasteiger partial charge in [0.15, 0.2) is 0 Å². The van der Waals surface area contributed by atoms with Crippen molar-refractivity contribution in [2.24, 2.45) is 12.9 Å². The van der Waals surface area contributed by atoms with Crippen LogP contribution in [-0.2, 0) is 13.5 Å². The first kappa shape index (κ1) is 10.9. The molecule has 0 saturated heterocycles. The summed E-state index contributed by atoms with van der Waals surface area (Å²) in [6.45, 7) is 1.98. The molecule has 5 nitrogen and oxygen atoms in total. The number of aromatic nitrogens is 2. The Balaban J connectivity index is 2.16. The average molecular weight is 220 g/mol. The minimum absolute atomic E-state index is 0.0496. The van der Waals surface area contributed by atoms with Gasteiger partial charge in [0, 0.05) is 24.7 Å². The zero-order valence-electron chi connectivity index (χ0n) is 9.47. The molecule has 1 unspecified atom stereocenters. The molecule has 2 aromatic heterocycles. The normalized spacial score (nSPS) is 12.9. The number of furan rings is 1. The lowest BCUT2D eigenvalue weighted by molar-refractivity contribution is 0.512. The summed E-state index contributed by atoms with van der Waals surface area (Å²) >= 11 is 0. The van der Waals surface area contributed by atoms with Crippen LogP contribution < -0.4 is 11.3 Å². The molecule has 2 rings (SSSR count). The molecule has 0 fully saturated rings. The third-order valence-corrected chi connectivity index (χ3v) is 2.66. The van der Waals surface area contributed by atoms with Gasteiger partial charge in [0.2, 0.25) is 0 Å². The topological polar surface area (TPSA) is 69.0 Å². The van der Waals surface area contributed by atoms with Crippen molar-refractivity contribution in [1.29, 1.82) is 0 Å². The number of hydrogen-bond acceptors (Lipinski definition) is 4. The van der Waals surface area contributed by atoms with Crippen LogP contribution in [0.1, 0.15) is 23.0 Å². The molecule has 0 spiro atoms. The molecule has 2 heterocycles. The molecular weight excluding hydrogens is 204 g/mol. The van der Waals surface area contributed by atoms with Crippen LogP contribution in [0.15, 0.2) is 29.1 Å². The summed E-state index contributed by atoms with van der Waals surface area (Å²) in [4.78, 5) is 0. The molecule has 86 valence electrons. The monoisotopic (exact) mass is 220 g/mol. The van der Waals surface area contributed by atoms with Gasteiger partial charge in [0.1, 0.15) is 0 Å². The Morgan fingerprint density at radius 1 is 1.62 bits per heavy atom. The molecule has 3 N–H and O–H groups in total. The maximum atomic E-state index is 5.55.